The Morgan fingerprint density at radius 3 is 2.48 bits per heavy atom. The number of fused-ring (bicyclic) bond motifs is 2. The number of rotatable bonds is 3. The van der Waals surface area contributed by atoms with Gasteiger partial charge in [0.15, 0.2) is 0 Å². The van der Waals surface area contributed by atoms with Crippen LogP contribution in [-0.4, -0.2) is 75.0 Å². The van der Waals surface area contributed by atoms with Gasteiger partial charge < -0.3 is 5.11 Å². The van der Waals surface area contributed by atoms with Crippen LogP contribution in [0.2, 0.25) is 0 Å². The molecule has 0 bridgehead atoms. The van der Waals surface area contributed by atoms with Gasteiger partial charge in [0.25, 0.3) is 5.91 Å². The van der Waals surface area contributed by atoms with Crippen LogP contribution >= 0.6 is 0 Å². The highest BCUT2D eigenvalue weighted by Crippen LogP contribution is 2.43. The highest BCUT2D eigenvalue weighted by Gasteiger charge is 2.64. The lowest BCUT2D eigenvalue weighted by atomic mass is 9.81. The SMILES string of the molecule is O=C1[C@@H]2C[C@@H](O)CN2C2(CN(C3CCCC3)C2)C(=O)N1Cc1ccccc1. The van der Waals surface area contributed by atoms with E-state index in [1.54, 1.807) is 0 Å². The minimum atomic E-state index is -0.632. The smallest absolute Gasteiger partial charge is 0.252 e. The monoisotopic (exact) mass is 369 g/mol. The van der Waals surface area contributed by atoms with Gasteiger partial charge in [-0.2, -0.15) is 0 Å². The molecule has 6 heteroatoms. The van der Waals surface area contributed by atoms with Crippen LogP contribution in [-0.2, 0) is 16.1 Å². The number of carbonyl (C=O) groups is 2. The first kappa shape index (κ1) is 17.3. The first-order valence-corrected chi connectivity index (χ1v) is 10.2. The molecule has 3 aliphatic heterocycles. The van der Waals surface area contributed by atoms with Crippen molar-refractivity contribution in [2.75, 3.05) is 19.6 Å². The van der Waals surface area contributed by atoms with E-state index in [2.05, 4.69) is 4.90 Å². The fourth-order valence-corrected chi connectivity index (χ4v) is 5.56. The first-order valence-electron chi connectivity index (χ1n) is 10.2. The zero-order chi connectivity index (χ0) is 18.6. The van der Waals surface area contributed by atoms with E-state index in [1.165, 1.54) is 30.6 Å². The lowest BCUT2D eigenvalue weighted by molar-refractivity contribution is -0.183. The predicted molar refractivity (Wildman–Crippen MR) is 99.7 cm³/mol. The normalized spacial score (nSPS) is 31.5. The molecule has 3 saturated heterocycles. The van der Waals surface area contributed by atoms with Crippen molar-refractivity contribution in [1.29, 1.82) is 0 Å². The van der Waals surface area contributed by atoms with Crippen molar-refractivity contribution in [2.24, 2.45) is 0 Å². The summed E-state index contributed by atoms with van der Waals surface area (Å²) in [5.41, 5.74) is 0.335. The molecule has 1 aromatic carbocycles. The van der Waals surface area contributed by atoms with Gasteiger partial charge in [0.2, 0.25) is 5.91 Å². The Labute approximate surface area is 159 Å². The van der Waals surface area contributed by atoms with E-state index >= 15 is 0 Å². The van der Waals surface area contributed by atoms with Crippen molar-refractivity contribution in [3.8, 4) is 0 Å². The molecule has 2 atom stereocenters. The number of carbonyl (C=O) groups excluding carboxylic acids is 2. The van der Waals surface area contributed by atoms with Gasteiger partial charge >= 0.3 is 0 Å². The van der Waals surface area contributed by atoms with E-state index < -0.39 is 11.6 Å². The molecule has 144 valence electrons. The lowest BCUT2D eigenvalue weighted by Gasteiger charge is -2.60. The van der Waals surface area contributed by atoms with Crippen molar-refractivity contribution >= 4 is 11.8 Å². The van der Waals surface area contributed by atoms with Crippen LogP contribution in [0, 0.1) is 0 Å². The molecular weight excluding hydrogens is 342 g/mol. The number of aliphatic hydroxyl groups excluding tert-OH is 1. The number of β-amino-alcohol motifs (C(OH)–C–C–N with tert-alkyl or cyclic N) is 1. The minimum absolute atomic E-state index is 0.0732. The Kier molecular flexibility index (Phi) is 4.11. The second-order valence-electron chi connectivity index (χ2n) is 8.65. The van der Waals surface area contributed by atoms with Crippen molar-refractivity contribution in [3.63, 3.8) is 0 Å². The molecule has 1 saturated carbocycles. The van der Waals surface area contributed by atoms with E-state index in [4.69, 9.17) is 0 Å². The van der Waals surface area contributed by atoms with Crippen LogP contribution in [0.25, 0.3) is 0 Å². The van der Waals surface area contributed by atoms with Crippen molar-refractivity contribution < 1.29 is 14.7 Å². The Bertz CT molecular complexity index is 740. The van der Waals surface area contributed by atoms with Crippen LogP contribution in [0.15, 0.2) is 30.3 Å². The number of imide groups is 1. The maximum atomic E-state index is 13.5. The van der Waals surface area contributed by atoms with Crippen molar-refractivity contribution in [1.82, 2.24) is 14.7 Å². The Hall–Kier alpha value is -1.76. The average molecular weight is 369 g/mol. The molecular formula is C21H27N3O3. The number of amides is 2. The van der Waals surface area contributed by atoms with Gasteiger partial charge in [0.05, 0.1) is 18.7 Å². The molecule has 1 N–H and O–H groups in total. The number of piperazine rings is 1. The number of hydrogen-bond acceptors (Lipinski definition) is 5. The Balaban J connectivity index is 1.43. The molecule has 4 aliphatic rings. The lowest BCUT2D eigenvalue weighted by Crippen LogP contribution is -2.82. The number of aliphatic hydroxyl groups is 1. The van der Waals surface area contributed by atoms with Crippen molar-refractivity contribution in [2.45, 2.75) is 62.4 Å². The summed E-state index contributed by atoms with van der Waals surface area (Å²) in [4.78, 5) is 32.5. The van der Waals surface area contributed by atoms with Gasteiger partial charge in [0.1, 0.15) is 5.54 Å². The summed E-state index contributed by atoms with van der Waals surface area (Å²) in [7, 11) is 0. The zero-order valence-corrected chi connectivity index (χ0v) is 15.6. The maximum Gasteiger partial charge on any atom is 0.252 e. The molecule has 3 heterocycles. The van der Waals surface area contributed by atoms with E-state index in [-0.39, 0.29) is 17.9 Å². The molecule has 1 spiro atoms. The summed E-state index contributed by atoms with van der Waals surface area (Å²) in [5.74, 6) is -0.221. The molecule has 0 unspecified atom stereocenters. The van der Waals surface area contributed by atoms with Gasteiger partial charge in [0, 0.05) is 25.7 Å². The van der Waals surface area contributed by atoms with Crippen LogP contribution in [0.3, 0.4) is 0 Å². The second kappa shape index (κ2) is 6.40. The summed E-state index contributed by atoms with van der Waals surface area (Å²) in [5, 5.41) is 10.2. The number of likely N-dealkylation sites (tertiary alicyclic amines) is 1. The zero-order valence-electron chi connectivity index (χ0n) is 15.6. The highest BCUT2D eigenvalue weighted by atomic mass is 16.3. The summed E-state index contributed by atoms with van der Waals surface area (Å²) in [6.45, 7) is 2.14. The Morgan fingerprint density at radius 2 is 1.78 bits per heavy atom. The number of hydrogen-bond donors (Lipinski definition) is 1. The van der Waals surface area contributed by atoms with E-state index in [9.17, 15) is 14.7 Å². The van der Waals surface area contributed by atoms with Gasteiger partial charge in [-0.15, -0.1) is 0 Å². The van der Waals surface area contributed by atoms with E-state index in [0.717, 1.165) is 5.56 Å². The van der Waals surface area contributed by atoms with Gasteiger partial charge in [-0.05, 0) is 24.8 Å². The number of benzene rings is 1. The molecule has 5 rings (SSSR count). The highest BCUT2D eigenvalue weighted by molar-refractivity contribution is 6.06. The van der Waals surface area contributed by atoms with E-state index in [0.29, 0.717) is 38.6 Å². The standard InChI is InChI=1S/C21H27N3O3/c25-17-10-18-19(26)23(11-15-6-2-1-3-7-15)20(27)21(24(18)12-17)13-22(14-21)16-8-4-5-9-16/h1-3,6-7,16-18,25H,4-5,8-14H2/t17-,18+/m1/s1. The fraction of sp³-hybridized carbons (Fsp3) is 0.619. The van der Waals surface area contributed by atoms with E-state index in [1.807, 2.05) is 35.2 Å². The molecule has 6 nitrogen and oxygen atoms in total. The molecule has 4 fully saturated rings. The number of nitrogens with zero attached hydrogens (tertiary/aromatic N) is 3. The predicted octanol–water partition coefficient (Wildman–Crippen LogP) is 0.988. The molecule has 1 aliphatic carbocycles. The third kappa shape index (κ3) is 2.65. The van der Waals surface area contributed by atoms with Gasteiger partial charge in [-0.3, -0.25) is 24.3 Å². The third-order valence-electron chi connectivity index (χ3n) is 6.98. The van der Waals surface area contributed by atoms with Crippen LogP contribution in [0.1, 0.15) is 37.7 Å². The third-order valence-corrected chi connectivity index (χ3v) is 6.98. The average Bonchev–Trinajstić information content (AvgIpc) is 3.29. The van der Waals surface area contributed by atoms with Crippen LogP contribution in [0.4, 0.5) is 0 Å². The first-order chi connectivity index (χ1) is 13.1. The quantitative estimate of drug-likeness (QED) is 0.805. The molecule has 27 heavy (non-hydrogen) atoms. The van der Waals surface area contributed by atoms with Crippen LogP contribution in [0.5, 0.6) is 0 Å². The summed E-state index contributed by atoms with van der Waals surface area (Å²) < 4.78 is 0. The van der Waals surface area contributed by atoms with Crippen molar-refractivity contribution in [3.05, 3.63) is 35.9 Å². The summed E-state index contributed by atoms with van der Waals surface area (Å²) >= 11 is 0. The topological polar surface area (TPSA) is 64.1 Å². The minimum Gasteiger partial charge on any atom is -0.392 e. The second-order valence-corrected chi connectivity index (χ2v) is 8.65. The maximum absolute atomic E-state index is 13.5. The fourth-order valence-electron chi connectivity index (χ4n) is 5.56. The van der Waals surface area contributed by atoms with Crippen LogP contribution < -0.4 is 0 Å². The largest absolute Gasteiger partial charge is 0.392 e. The molecule has 0 aromatic heterocycles. The summed E-state index contributed by atoms with van der Waals surface area (Å²) in [6, 6.07) is 9.91. The van der Waals surface area contributed by atoms with Gasteiger partial charge in [-0.25, -0.2) is 0 Å². The molecule has 2 amide bonds. The molecule has 1 aromatic rings. The van der Waals surface area contributed by atoms with Gasteiger partial charge in [-0.1, -0.05) is 43.2 Å². The summed E-state index contributed by atoms with van der Waals surface area (Å²) in [6.07, 6.45) is 4.87. The molecule has 0 radical (unpaired) electrons. The Morgan fingerprint density at radius 1 is 1.07 bits per heavy atom.